The Bertz CT molecular complexity index is 1930. The molecule has 0 amide bonds. The molecule has 0 saturated heterocycles. The second-order valence-electron chi connectivity index (χ2n) is 9.55. The molecular formula is C35H26N4O3S. The summed E-state index contributed by atoms with van der Waals surface area (Å²) >= 11 is 0. The minimum Gasteiger partial charge on any atom is -0.744 e. The van der Waals surface area contributed by atoms with E-state index in [1.165, 1.54) is 12.1 Å². The lowest BCUT2D eigenvalue weighted by atomic mass is 9.90. The van der Waals surface area contributed by atoms with Gasteiger partial charge in [0.25, 0.3) is 6.67 Å². The van der Waals surface area contributed by atoms with Gasteiger partial charge in [0, 0.05) is 41.2 Å². The summed E-state index contributed by atoms with van der Waals surface area (Å²) in [4.78, 5) is 8.75. The Kier molecular flexibility index (Phi) is 8.74. The van der Waals surface area contributed by atoms with Crippen LogP contribution in [0.1, 0.15) is 11.1 Å². The van der Waals surface area contributed by atoms with Gasteiger partial charge in [0.05, 0.1) is 4.90 Å². The van der Waals surface area contributed by atoms with Crippen LogP contribution in [0.15, 0.2) is 144 Å². The van der Waals surface area contributed by atoms with Crippen LogP contribution in [0.25, 0.3) is 15.3 Å². The van der Waals surface area contributed by atoms with Crippen LogP contribution in [0.2, 0.25) is 0 Å². The molecule has 210 valence electrons. The number of hydrogen-bond donors (Lipinski definition) is 0. The largest absolute Gasteiger partial charge is 0.744 e. The Balaban J connectivity index is 1.65. The molecule has 0 aliphatic heterocycles. The van der Waals surface area contributed by atoms with E-state index in [-0.39, 0.29) is 18.2 Å². The number of para-hydroxylation sites is 2. The van der Waals surface area contributed by atoms with E-state index in [2.05, 4.69) is 9.69 Å². The van der Waals surface area contributed by atoms with Crippen molar-refractivity contribution in [2.24, 2.45) is 0 Å². The van der Waals surface area contributed by atoms with Crippen molar-refractivity contribution in [1.29, 1.82) is 0 Å². The molecular weight excluding hydrogens is 556 g/mol. The van der Waals surface area contributed by atoms with Crippen LogP contribution in [0.3, 0.4) is 0 Å². The first-order chi connectivity index (χ1) is 20.9. The highest BCUT2D eigenvalue weighted by Crippen LogP contribution is 2.35. The lowest BCUT2D eigenvalue weighted by molar-refractivity contribution is -0.427. The highest BCUT2D eigenvalue weighted by molar-refractivity contribution is 7.85. The topological polar surface area (TPSA) is 72.2 Å². The van der Waals surface area contributed by atoms with Gasteiger partial charge >= 0.3 is 6.67 Å². The van der Waals surface area contributed by atoms with Crippen LogP contribution in [0, 0.1) is 13.1 Å². The monoisotopic (exact) mass is 582 g/mol. The van der Waals surface area contributed by atoms with Crippen LogP contribution in [0.5, 0.6) is 0 Å². The predicted octanol–water partition coefficient (Wildman–Crippen LogP) is 7.20. The van der Waals surface area contributed by atoms with Gasteiger partial charge in [0.2, 0.25) is 11.4 Å². The number of benzene rings is 4. The SMILES string of the molecule is [C-]#[N+]CN(c1ccccc1)c1ccc(C(=C2C=CC(=[N+](C[N+]#[C-])c3ccccc3)C=C2)c2ccccc2S(=O)(=O)[O-])cc1. The second kappa shape index (κ2) is 13.0. The van der Waals surface area contributed by atoms with Crippen LogP contribution >= 0.6 is 0 Å². The van der Waals surface area contributed by atoms with E-state index >= 15 is 0 Å². The molecule has 0 aromatic heterocycles. The van der Waals surface area contributed by atoms with Gasteiger partial charge in [-0.2, -0.15) is 0 Å². The maximum absolute atomic E-state index is 12.3. The molecule has 43 heavy (non-hydrogen) atoms. The van der Waals surface area contributed by atoms with Crippen molar-refractivity contribution in [1.82, 2.24) is 0 Å². The number of rotatable bonds is 8. The normalized spacial score (nSPS) is 12.3. The van der Waals surface area contributed by atoms with Gasteiger partial charge in [-0.05, 0) is 59.2 Å². The van der Waals surface area contributed by atoms with E-state index in [1.54, 1.807) is 12.1 Å². The second-order valence-corrected chi connectivity index (χ2v) is 10.9. The summed E-state index contributed by atoms with van der Waals surface area (Å²) in [6, 6.07) is 32.9. The van der Waals surface area contributed by atoms with E-state index in [1.807, 2.05) is 119 Å². The molecule has 0 spiro atoms. The molecule has 8 heteroatoms. The molecule has 0 unspecified atom stereocenters. The Morgan fingerprint density at radius 3 is 1.91 bits per heavy atom. The molecule has 0 atom stereocenters. The molecule has 0 saturated carbocycles. The van der Waals surface area contributed by atoms with Crippen molar-refractivity contribution in [3.05, 3.63) is 173 Å². The number of anilines is 2. The van der Waals surface area contributed by atoms with E-state index in [4.69, 9.17) is 13.1 Å². The molecule has 0 N–H and O–H groups in total. The molecule has 0 radical (unpaired) electrons. The van der Waals surface area contributed by atoms with Crippen molar-refractivity contribution >= 4 is 38.5 Å². The maximum atomic E-state index is 12.3. The highest BCUT2D eigenvalue weighted by Gasteiger charge is 2.21. The molecule has 7 nitrogen and oxygen atoms in total. The third-order valence-corrected chi connectivity index (χ3v) is 7.82. The Morgan fingerprint density at radius 1 is 0.721 bits per heavy atom. The summed E-state index contributed by atoms with van der Waals surface area (Å²) < 4.78 is 38.9. The number of nitrogens with zero attached hydrogens (tertiary/aromatic N) is 4. The van der Waals surface area contributed by atoms with Crippen molar-refractivity contribution in [3.63, 3.8) is 0 Å². The number of hydrogen-bond acceptors (Lipinski definition) is 4. The average Bonchev–Trinajstić information content (AvgIpc) is 3.04. The van der Waals surface area contributed by atoms with E-state index in [0.717, 1.165) is 22.8 Å². The minimum absolute atomic E-state index is 0.126. The summed E-state index contributed by atoms with van der Waals surface area (Å²) in [6.07, 6.45) is 7.48. The predicted molar refractivity (Wildman–Crippen MR) is 168 cm³/mol. The van der Waals surface area contributed by atoms with Crippen molar-refractivity contribution in [2.45, 2.75) is 4.90 Å². The lowest BCUT2D eigenvalue weighted by Crippen LogP contribution is -2.16. The van der Waals surface area contributed by atoms with Gasteiger partial charge < -0.3 is 4.55 Å². The summed E-state index contributed by atoms with van der Waals surface area (Å²) in [6.45, 7) is 15.2. The van der Waals surface area contributed by atoms with Crippen LogP contribution < -0.4 is 4.90 Å². The molecule has 0 fully saturated rings. The van der Waals surface area contributed by atoms with Gasteiger partial charge in [-0.15, -0.1) is 4.58 Å². The van der Waals surface area contributed by atoms with E-state index in [9.17, 15) is 13.0 Å². The molecule has 5 rings (SSSR count). The molecule has 1 aliphatic rings. The Hall–Kier alpha value is -5.54. The fourth-order valence-corrected chi connectivity index (χ4v) is 5.65. The zero-order valence-electron chi connectivity index (χ0n) is 23.0. The van der Waals surface area contributed by atoms with Gasteiger partial charge in [-0.25, -0.2) is 26.4 Å². The van der Waals surface area contributed by atoms with Gasteiger partial charge in [0.1, 0.15) is 10.1 Å². The summed E-state index contributed by atoms with van der Waals surface area (Å²) in [7, 11) is -4.78. The van der Waals surface area contributed by atoms with Crippen molar-refractivity contribution in [3.8, 4) is 0 Å². The van der Waals surface area contributed by atoms with E-state index in [0.29, 0.717) is 22.3 Å². The minimum atomic E-state index is -4.78. The molecule has 4 aromatic carbocycles. The third-order valence-electron chi connectivity index (χ3n) is 6.92. The summed E-state index contributed by atoms with van der Waals surface area (Å²) in [5.41, 5.74) is 5.59. The number of allylic oxidation sites excluding steroid dienone is 5. The van der Waals surface area contributed by atoms with Gasteiger partial charge in [-0.3, -0.25) is 9.74 Å². The van der Waals surface area contributed by atoms with Crippen molar-refractivity contribution in [2.75, 3.05) is 18.2 Å². The summed E-state index contributed by atoms with van der Waals surface area (Å²) in [5, 5.41) is 0. The lowest BCUT2D eigenvalue weighted by Gasteiger charge is -2.21. The first kappa shape index (κ1) is 29.0. The zero-order valence-corrected chi connectivity index (χ0v) is 23.9. The fourth-order valence-electron chi connectivity index (χ4n) is 4.97. The molecule has 0 bridgehead atoms. The van der Waals surface area contributed by atoms with Crippen LogP contribution in [-0.2, 0) is 10.1 Å². The van der Waals surface area contributed by atoms with Gasteiger partial charge in [-0.1, -0.05) is 66.7 Å². The van der Waals surface area contributed by atoms with Crippen molar-refractivity contribution < 1.29 is 17.5 Å². The van der Waals surface area contributed by atoms with E-state index < -0.39 is 10.1 Å². The standard InChI is InChI=1S/C35H26N4O3S/c1-36-25-38(29-11-5-3-6-12-29)31-21-17-27(18-22-31)35(33-15-9-10-16-34(33)43(40,41)42)28-19-23-32(24-20-28)39(26-37-2)30-13-7-4-8-14-30/h3-24H,25-26H2. The quantitative estimate of drug-likeness (QED) is 0.125. The molecule has 0 heterocycles. The summed E-state index contributed by atoms with van der Waals surface area (Å²) in [5.74, 6) is 0. The zero-order chi connectivity index (χ0) is 30.2. The third kappa shape index (κ3) is 6.52. The smallest absolute Gasteiger partial charge is 0.407 e. The fraction of sp³-hybridized carbons (Fsp3) is 0.0571. The van der Waals surface area contributed by atoms with Crippen LogP contribution in [-0.4, -0.2) is 36.6 Å². The van der Waals surface area contributed by atoms with Gasteiger partial charge in [0.15, 0.2) is 0 Å². The Labute approximate surface area is 251 Å². The maximum Gasteiger partial charge on any atom is 0.407 e. The first-order valence-corrected chi connectivity index (χ1v) is 14.8. The Morgan fingerprint density at radius 2 is 1.30 bits per heavy atom. The first-order valence-electron chi connectivity index (χ1n) is 13.4. The highest BCUT2D eigenvalue weighted by atomic mass is 32.2. The average molecular weight is 583 g/mol. The molecule has 1 aliphatic carbocycles. The molecule has 4 aromatic rings. The van der Waals surface area contributed by atoms with Crippen LogP contribution in [0.4, 0.5) is 17.1 Å².